The van der Waals surface area contributed by atoms with E-state index in [1.54, 1.807) is 6.07 Å². The average Bonchev–Trinajstić information content (AvgIpc) is 2.16. The molecule has 0 bridgehead atoms. The van der Waals surface area contributed by atoms with Crippen LogP contribution in [0.2, 0.25) is 0 Å². The van der Waals surface area contributed by atoms with Crippen molar-refractivity contribution in [1.29, 1.82) is 5.26 Å². The quantitative estimate of drug-likeness (QED) is 0.722. The molecule has 3 N–H and O–H groups in total. The van der Waals surface area contributed by atoms with Crippen LogP contribution >= 0.6 is 0 Å². The molecule has 1 aromatic carbocycles. The molecule has 2 rings (SSSR count). The molecule has 1 aliphatic rings. The number of anilines is 2. The van der Waals surface area contributed by atoms with Gasteiger partial charge in [-0.3, -0.25) is 0 Å². The van der Waals surface area contributed by atoms with Gasteiger partial charge in [0.2, 0.25) is 0 Å². The van der Waals surface area contributed by atoms with Crippen LogP contribution in [0.1, 0.15) is 31.7 Å². The van der Waals surface area contributed by atoms with E-state index in [1.807, 2.05) is 12.1 Å². The number of hydrogen-bond acceptors (Lipinski definition) is 3. The average molecular weight is 201 g/mol. The lowest BCUT2D eigenvalue weighted by molar-refractivity contribution is 0.306. The summed E-state index contributed by atoms with van der Waals surface area (Å²) in [4.78, 5) is 0. The molecule has 0 unspecified atom stereocenters. The molecule has 1 aliphatic carbocycles. The van der Waals surface area contributed by atoms with Gasteiger partial charge in [0.15, 0.2) is 0 Å². The van der Waals surface area contributed by atoms with Crippen molar-refractivity contribution in [2.75, 3.05) is 11.1 Å². The number of nitrogens with one attached hydrogen (secondary N) is 1. The Morgan fingerprint density at radius 1 is 1.47 bits per heavy atom. The highest BCUT2D eigenvalue weighted by Gasteiger charge is 2.31. The van der Waals surface area contributed by atoms with E-state index in [0.717, 1.165) is 5.69 Å². The van der Waals surface area contributed by atoms with Gasteiger partial charge in [-0.05, 0) is 44.4 Å². The minimum absolute atomic E-state index is 0.223. The van der Waals surface area contributed by atoms with Crippen molar-refractivity contribution >= 4 is 11.4 Å². The van der Waals surface area contributed by atoms with Gasteiger partial charge < -0.3 is 11.1 Å². The Balaban J connectivity index is 2.17. The van der Waals surface area contributed by atoms with Crippen LogP contribution in [0, 0.1) is 11.3 Å². The number of nitrogens with two attached hydrogens (primary N) is 1. The smallest absolute Gasteiger partial charge is 0.101 e. The normalized spacial score (nSPS) is 17.6. The lowest BCUT2D eigenvalue weighted by atomic mass is 9.78. The molecule has 0 atom stereocenters. The summed E-state index contributed by atoms with van der Waals surface area (Å²) in [6.07, 6.45) is 3.69. The van der Waals surface area contributed by atoms with Gasteiger partial charge in [-0.25, -0.2) is 0 Å². The summed E-state index contributed by atoms with van der Waals surface area (Å²) in [5.74, 6) is 0. The molecule has 0 aromatic heterocycles. The van der Waals surface area contributed by atoms with E-state index in [1.165, 1.54) is 19.3 Å². The lowest BCUT2D eigenvalue weighted by Gasteiger charge is -2.40. The van der Waals surface area contributed by atoms with E-state index < -0.39 is 0 Å². The van der Waals surface area contributed by atoms with E-state index >= 15 is 0 Å². The first-order chi connectivity index (χ1) is 7.13. The van der Waals surface area contributed by atoms with Gasteiger partial charge in [-0.15, -0.1) is 0 Å². The van der Waals surface area contributed by atoms with Gasteiger partial charge in [-0.2, -0.15) is 5.26 Å². The maximum Gasteiger partial charge on any atom is 0.101 e. The fraction of sp³-hybridized carbons (Fsp3) is 0.417. The second kappa shape index (κ2) is 3.47. The van der Waals surface area contributed by atoms with Crippen LogP contribution in [0.4, 0.5) is 11.4 Å². The number of rotatable bonds is 2. The van der Waals surface area contributed by atoms with Crippen molar-refractivity contribution in [3.8, 4) is 6.07 Å². The van der Waals surface area contributed by atoms with Crippen molar-refractivity contribution in [2.45, 2.75) is 31.7 Å². The highest BCUT2D eigenvalue weighted by molar-refractivity contribution is 5.63. The van der Waals surface area contributed by atoms with Crippen molar-refractivity contribution in [3.05, 3.63) is 23.8 Å². The molecular weight excluding hydrogens is 186 g/mol. The topological polar surface area (TPSA) is 61.8 Å². The summed E-state index contributed by atoms with van der Waals surface area (Å²) >= 11 is 0. The van der Waals surface area contributed by atoms with Crippen molar-refractivity contribution < 1.29 is 0 Å². The molecule has 3 heteroatoms. The molecule has 1 saturated carbocycles. The van der Waals surface area contributed by atoms with E-state index in [2.05, 4.69) is 18.3 Å². The molecule has 1 aromatic rings. The largest absolute Gasteiger partial charge is 0.398 e. The van der Waals surface area contributed by atoms with Gasteiger partial charge in [-0.1, -0.05) is 0 Å². The number of nitriles is 1. The monoisotopic (exact) mass is 201 g/mol. The van der Waals surface area contributed by atoms with Crippen LogP contribution in [0.15, 0.2) is 18.2 Å². The van der Waals surface area contributed by atoms with E-state index in [4.69, 9.17) is 11.0 Å². The van der Waals surface area contributed by atoms with Gasteiger partial charge >= 0.3 is 0 Å². The van der Waals surface area contributed by atoms with E-state index in [9.17, 15) is 0 Å². The Labute approximate surface area is 89.9 Å². The Morgan fingerprint density at radius 3 is 2.67 bits per heavy atom. The molecule has 0 amide bonds. The van der Waals surface area contributed by atoms with Gasteiger partial charge in [0, 0.05) is 11.2 Å². The number of nitrogen functional groups attached to an aromatic ring is 1. The van der Waals surface area contributed by atoms with Gasteiger partial charge in [0.05, 0.1) is 11.3 Å². The Hall–Kier alpha value is -1.69. The first-order valence-electron chi connectivity index (χ1n) is 5.21. The second-order valence-corrected chi connectivity index (χ2v) is 4.45. The molecule has 0 radical (unpaired) electrons. The Kier molecular flexibility index (Phi) is 2.28. The first-order valence-corrected chi connectivity index (χ1v) is 5.21. The van der Waals surface area contributed by atoms with Crippen LogP contribution in [-0.4, -0.2) is 5.54 Å². The maximum atomic E-state index is 8.75. The summed E-state index contributed by atoms with van der Waals surface area (Å²) in [6, 6.07) is 7.57. The standard InChI is InChI=1S/C12H15N3/c1-12(5-2-6-12)15-10-4-3-9(8-13)11(14)7-10/h3-4,7,15H,2,5-6,14H2,1H3. The predicted octanol–water partition coefficient (Wildman–Crippen LogP) is 2.49. The van der Waals surface area contributed by atoms with Crippen LogP contribution in [-0.2, 0) is 0 Å². The number of nitrogens with zero attached hydrogens (tertiary/aromatic N) is 1. The van der Waals surface area contributed by atoms with Crippen molar-refractivity contribution in [1.82, 2.24) is 0 Å². The summed E-state index contributed by atoms with van der Waals surface area (Å²) in [6.45, 7) is 2.21. The predicted molar refractivity (Wildman–Crippen MR) is 61.4 cm³/mol. The molecule has 1 fully saturated rings. The minimum atomic E-state index is 0.223. The fourth-order valence-electron chi connectivity index (χ4n) is 1.92. The Bertz CT molecular complexity index is 413. The maximum absolute atomic E-state index is 8.75. The molecule has 0 saturated heterocycles. The van der Waals surface area contributed by atoms with Crippen molar-refractivity contribution in [3.63, 3.8) is 0 Å². The molecule has 0 heterocycles. The highest BCUT2D eigenvalue weighted by atomic mass is 15.0. The van der Waals surface area contributed by atoms with Crippen LogP contribution in [0.3, 0.4) is 0 Å². The first kappa shape index (κ1) is 9.85. The lowest BCUT2D eigenvalue weighted by Crippen LogP contribution is -2.41. The van der Waals surface area contributed by atoms with Crippen LogP contribution < -0.4 is 11.1 Å². The van der Waals surface area contributed by atoms with Gasteiger partial charge in [0.1, 0.15) is 6.07 Å². The summed E-state index contributed by atoms with van der Waals surface area (Å²) < 4.78 is 0. The summed E-state index contributed by atoms with van der Waals surface area (Å²) in [7, 11) is 0. The molecule has 3 nitrogen and oxygen atoms in total. The molecule has 0 aliphatic heterocycles. The van der Waals surface area contributed by atoms with Crippen LogP contribution in [0.5, 0.6) is 0 Å². The zero-order valence-corrected chi connectivity index (χ0v) is 8.88. The zero-order chi connectivity index (χ0) is 10.9. The Morgan fingerprint density at radius 2 is 2.20 bits per heavy atom. The minimum Gasteiger partial charge on any atom is -0.398 e. The zero-order valence-electron chi connectivity index (χ0n) is 8.88. The second-order valence-electron chi connectivity index (χ2n) is 4.45. The van der Waals surface area contributed by atoms with Crippen LogP contribution in [0.25, 0.3) is 0 Å². The fourth-order valence-corrected chi connectivity index (χ4v) is 1.92. The third-order valence-electron chi connectivity index (χ3n) is 3.08. The highest BCUT2D eigenvalue weighted by Crippen LogP contribution is 2.35. The van der Waals surface area contributed by atoms with Crippen molar-refractivity contribution in [2.24, 2.45) is 0 Å². The SMILES string of the molecule is CC1(Nc2ccc(C#N)c(N)c2)CCC1. The molecule has 15 heavy (non-hydrogen) atoms. The van der Waals surface area contributed by atoms with Gasteiger partial charge in [0.25, 0.3) is 0 Å². The summed E-state index contributed by atoms with van der Waals surface area (Å²) in [5, 5.41) is 12.2. The van der Waals surface area contributed by atoms with E-state index in [-0.39, 0.29) is 5.54 Å². The third-order valence-corrected chi connectivity index (χ3v) is 3.08. The molecule has 78 valence electrons. The third kappa shape index (κ3) is 1.89. The van der Waals surface area contributed by atoms with E-state index in [0.29, 0.717) is 11.3 Å². The summed E-state index contributed by atoms with van der Waals surface area (Å²) in [5.41, 5.74) is 8.07. The molecule has 0 spiro atoms. The number of hydrogen-bond donors (Lipinski definition) is 2. The number of benzene rings is 1. The molecular formula is C12H15N3.